The maximum absolute atomic E-state index is 12.0. The van der Waals surface area contributed by atoms with Crippen molar-refractivity contribution in [3.63, 3.8) is 0 Å². The Morgan fingerprint density at radius 2 is 1.89 bits per heavy atom. The van der Waals surface area contributed by atoms with Crippen LogP contribution >= 0.6 is 11.6 Å². The number of aromatic nitrogens is 2. The number of carbonyl (C=O) groups excluding carboxylic acids is 1. The number of nitrogens with zero attached hydrogens (tertiary/aromatic N) is 2. The molecule has 6 nitrogen and oxygen atoms in total. The topological polar surface area (TPSA) is 74.5 Å². The number of rotatable bonds is 6. The minimum atomic E-state index is -0.681. The van der Waals surface area contributed by atoms with Gasteiger partial charge in [-0.15, -0.1) is 10.2 Å². The lowest BCUT2D eigenvalue weighted by molar-refractivity contribution is -0.152. The number of ether oxygens (including phenoxy) is 2. The Bertz CT molecular complexity index is 937. The number of halogens is 1. The third-order valence-corrected chi connectivity index (χ3v) is 4.11. The molecule has 0 saturated heterocycles. The van der Waals surface area contributed by atoms with Gasteiger partial charge in [-0.1, -0.05) is 29.3 Å². The zero-order valence-corrected chi connectivity index (χ0v) is 16.0. The molecular formula is C20H19ClN2O4. The van der Waals surface area contributed by atoms with Crippen molar-refractivity contribution in [3.05, 3.63) is 64.5 Å². The fourth-order valence-corrected chi connectivity index (χ4v) is 2.63. The monoisotopic (exact) mass is 386 g/mol. The van der Waals surface area contributed by atoms with E-state index in [0.717, 1.165) is 16.7 Å². The maximum atomic E-state index is 12.0. The van der Waals surface area contributed by atoms with Gasteiger partial charge in [0, 0.05) is 10.6 Å². The first-order valence-corrected chi connectivity index (χ1v) is 8.79. The van der Waals surface area contributed by atoms with Gasteiger partial charge in [0.15, 0.2) is 12.7 Å². The van der Waals surface area contributed by atoms with Crippen LogP contribution in [0.5, 0.6) is 5.75 Å². The van der Waals surface area contributed by atoms with E-state index in [2.05, 4.69) is 10.2 Å². The standard InChI is InChI=1S/C20H19ClN2O4/c1-12-4-6-15(7-5-12)20-23-22-19(27-20)14(3)26-18(24)11-25-17-9-8-16(21)10-13(17)2/h4-10,14H,11H2,1-3H3/t14-/m1/s1. The Morgan fingerprint density at radius 3 is 2.59 bits per heavy atom. The highest BCUT2D eigenvalue weighted by Gasteiger charge is 2.19. The molecule has 1 atom stereocenters. The molecule has 0 N–H and O–H groups in total. The molecule has 3 aromatic rings. The summed E-state index contributed by atoms with van der Waals surface area (Å²) in [5.74, 6) is 0.637. The van der Waals surface area contributed by atoms with Crippen molar-refractivity contribution >= 4 is 17.6 Å². The van der Waals surface area contributed by atoms with E-state index in [1.807, 2.05) is 38.1 Å². The smallest absolute Gasteiger partial charge is 0.344 e. The number of aryl methyl sites for hydroxylation is 2. The number of hydrogen-bond acceptors (Lipinski definition) is 6. The van der Waals surface area contributed by atoms with Gasteiger partial charge in [0.25, 0.3) is 5.89 Å². The van der Waals surface area contributed by atoms with Crippen molar-refractivity contribution in [2.75, 3.05) is 6.61 Å². The molecule has 1 aromatic heterocycles. The van der Waals surface area contributed by atoms with Crippen LogP contribution in [0.2, 0.25) is 5.02 Å². The summed E-state index contributed by atoms with van der Waals surface area (Å²) in [6.45, 7) is 5.28. The summed E-state index contributed by atoms with van der Waals surface area (Å²) < 4.78 is 16.4. The molecule has 7 heteroatoms. The number of benzene rings is 2. The average molecular weight is 387 g/mol. The average Bonchev–Trinajstić information content (AvgIpc) is 3.12. The van der Waals surface area contributed by atoms with Gasteiger partial charge in [0.1, 0.15) is 5.75 Å². The van der Waals surface area contributed by atoms with Gasteiger partial charge in [-0.2, -0.15) is 0 Å². The highest BCUT2D eigenvalue weighted by atomic mass is 35.5. The first kappa shape index (κ1) is 18.9. The Morgan fingerprint density at radius 1 is 1.15 bits per heavy atom. The maximum Gasteiger partial charge on any atom is 0.344 e. The fraction of sp³-hybridized carbons (Fsp3) is 0.250. The fourth-order valence-electron chi connectivity index (χ4n) is 2.40. The van der Waals surface area contributed by atoms with Gasteiger partial charge >= 0.3 is 5.97 Å². The molecule has 0 fully saturated rings. The van der Waals surface area contributed by atoms with Crippen LogP contribution in [0.25, 0.3) is 11.5 Å². The summed E-state index contributed by atoms with van der Waals surface area (Å²) in [7, 11) is 0. The first-order chi connectivity index (χ1) is 12.9. The minimum Gasteiger partial charge on any atom is -0.482 e. The second kappa shape index (κ2) is 8.22. The van der Waals surface area contributed by atoms with Crippen molar-refractivity contribution in [3.8, 4) is 17.2 Å². The molecule has 27 heavy (non-hydrogen) atoms. The number of carbonyl (C=O) groups is 1. The van der Waals surface area contributed by atoms with Crippen molar-refractivity contribution in [2.45, 2.75) is 26.9 Å². The molecule has 1 heterocycles. The van der Waals surface area contributed by atoms with Crippen molar-refractivity contribution in [2.24, 2.45) is 0 Å². The van der Waals surface area contributed by atoms with Crippen LogP contribution in [0, 0.1) is 13.8 Å². The molecule has 0 saturated carbocycles. The van der Waals surface area contributed by atoms with Gasteiger partial charge in [-0.3, -0.25) is 0 Å². The van der Waals surface area contributed by atoms with Crippen molar-refractivity contribution < 1.29 is 18.7 Å². The van der Waals surface area contributed by atoms with Gasteiger partial charge in [0.2, 0.25) is 5.89 Å². The molecule has 0 bridgehead atoms. The lowest BCUT2D eigenvalue weighted by atomic mass is 10.1. The van der Waals surface area contributed by atoms with E-state index in [-0.39, 0.29) is 12.5 Å². The van der Waals surface area contributed by atoms with E-state index in [1.165, 1.54) is 0 Å². The third kappa shape index (κ3) is 4.86. The Kier molecular flexibility index (Phi) is 5.76. The Labute approximate surface area is 162 Å². The van der Waals surface area contributed by atoms with E-state index in [4.69, 9.17) is 25.5 Å². The highest BCUT2D eigenvalue weighted by Crippen LogP contribution is 2.24. The van der Waals surface area contributed by atoms with Crippen molar-refractivity contribution in [1.82, 2.24) is 10.2 Å². The second-order valence-electron chi connectivity index (χ2n) is 6.14. The summed E-state index contributed by atoms with van der Waals surface area (Å²) in [4.78, 5) is 12.0. The zero-order chi connectivity index (χ0) is 19.4. The molecule has 3 rings (SSSR count). The first-order valence-electron chi connectivity index (χ1n) is 8.41. The van der Waals surface area contributed by atoms with E-state index in [9.17, 15) is 4.79 Å². The zero-order valence-electron chi connectivity index (χ0n) is 15.2. The largest absolute Gasteiger partial charge is 0.482 e. The summed E-state index contributed by atoms with van der Waals surface area (Å²) >= 11 is 5.90. The predicted molar refractivity (Wildman–Crippen MR) is 101 cm³/mol. The Hall–Kier alpha value is -2.86. The van der Waals surface area contributed by atoms with Crippen LogP contribution in [0.1, 0.15) is 30.0 Å². The van der Waals surface area contributed by atoms with Crippen LogP contribution in [0.3, 0.4) is 0 Å². The van der Waals surface area contributed by atoms with Crippen molar-refractivity contribution in [1.29, 1.82) is 0 Å². The predicted octanol–water partition coefficient (Wildman–Crippen LogP) is 4.69. The molecule has 0 aliphatic rings. The molecule has 0 aliphatic carbocycles. The van der Waals surface area contributed by atoms with Gasteiger partial charge in [-0.05, 0) is 56.7 Å². The van der Waals surface area contributed by atoms with Crippen LogP contribution in [0.4, 0.5) is 0 Å². The van der Waals surface area contributed by atoms with E-state index < -0.39 is 12.1 Å². The van der Waals surface area contributed by atoms with E-state index >= 15 is 0 Å². The van der Waals surface area contributed by atoms with Gasteiger partial charge in [0.05, 0.1) is 0 Å². The highest BCUT2D eigenvalue weighted by molar-refractivity contribution is 6.30. The number of hydrogen-bond donors (Lipinski definition) is 0. The molecule has 0 radical (unpaired) electrons. The molecule has 0 aliphatic heterocycles. The lowest BCUT2D eigenvalue weighted by Gasteiger charge is -2.11. The van der Waals surface area contributed by atoms with Crippen LogP contribution in [0.15, 0.2) is 46.9 Å². The SMILES string of the molecule is Cc1ccc(-c2nnc([C@@H](C)OC(=O)COc3ccc(Cl)cc3C)o2)cc1. The lowest BCUT2D eigenvalue weighted by Crippen LogP contribution is -2.17. The molecule has 0 spiro atoms. The summed E-state index contributed by atoms with van der Waals surface area (Å²) in [5, 5.41) is 8.58. The molecule has 140 valence electrons. The summed E-state index contributed by atoms with van der Waals surface area (Å²) in [5.41, 5.74) is 2.78. The normalized spacial score (nSPS) is 11.9. The quantitative estimate of drug-likeness (QED) is 0.572. The molecule has 0 unspecified atom stereocenters. The molecule has 0 amide bonds. The van der Waals surface area contributed by atoms with Crippen LogP contribution in [-0.2, 0) is 9.53 Å². The Balaban J connectivity index is 1.57. The van der Waals surface area contributed by atoms with E-state index in [1.54, 1.807) is 25.1 Å². The number of esters is 1. The second-order valence-corrected chi connectivity index (χ2v) is 6.58. The van der Waals surface area contributed by atoms with Crippen LogP contribution < -0.4 is 4.74 Å². The molecular weight excluding hydrogens is 368 g/mol. The van der Waals surface area contributed by atoms with E-state index in [0.29, 0.717) is 16.7 Å². The van der Waals surface area contributed by atoms with Crippen LogP contribution in [-0.4, -0.2) is 22.8 Å². The van der Waals surface area contributed by atoms with Gasteiger partial charge in [-0.25, -0.2) is 4.79 Å². The summed E-state index contributed by atoms with van der Waals surface area (Å²) in [6, 6.07) is 12.9. The summed E-state index contributed by atoms with van der Waals surface area (Å²) in [6.07, 6.45) is -0.681. The third-order valence-electron chi connectivity index (χ3n) is 3.88. The van der Waals surface area contributed by atoms with Gasteiger partial charge < -0.3 is 13.9 Å². The molecule has 2 aromatic carbocycles. The minimum absolute atomic E-state index is 0.224.